The van der Waals surface area contributed by atoms with E-state index in [4.69, 9.17) is 10.1 Å². The molecule has 4 aliphatic rings. The van der Waals surface area contributed by atoms with Crippen LogP contribution in [0.3, 0.4) is 0 Å². The molecule has 3 N–H and O–H groups in total. The first-order valence-corrected chi connectivity index (χ1v) is 11.5. The van der Waals surface area contributed by atoms with Crippen molar-refractivity contribution in [3.63, 3.8) is 0 Å². The summed E-state index contributed by atoms with van der Waals surface area (Å²) in [5, 5.41) is 14.7. The Balaban J connectivity index is 1.53. The number of amides is 1. The van der Waals surface area contributed by atoms with E-state index in [2.05, 4.69) is 29.7 Å². The molecule has 5 rings (SSSR count). The SMILES string of the molecule is C[C@H]1CCc2c(ccc(/C(C=N)=C/NC3CNC3)c2OC2CCC2)N1C(=O)C1CC1. The summed E-state index contributed by atoms with van der Waals surface area (Å²) in [7, 11) is 0. The molecular weight excluding hydrogens is 376 g/mol. The average molecular weight is 409 g/mol. The van der Waals surface area contributed by atoms with Gasteiger partial charge in [-0.3, -0.25) is 4.79 Å². The van der Waals surface area contributed by atoms with E-state index >= 15 is 0 Å². The van der Waals surface area contributed by atoms with Gasteiger partial charge in [-0.25, -0.2) is 0 Å². The van der Waals surface area contributed by atoms with Crippen molar-refractivity contribution in [2.24, 2.45) is 5.92 Å². The third-order valence-electron chi connectivity index (χ3n) is 6.97. The van der Waals surface area contributed by atoms with Gasteiger partial charge in [0, 0.05) is 54.2 Å². The summed E-state index contributed by atoms with van der Waals surface area (Å²) < 4.78 is 6.53. The number of ether oxygens (including phenoxy) is 1. The summed E-state index contributed by atoms with van der Waals surface area (Å²) in [6.45, 7) is 4.06. The van der Waals surface area contributed by atoms with Crippen LogP contribution in [-0.2, 0) is 11.2 Å². The zero-order valence-electron chi connectivity index (χ0n) is 17.7. The molecule has 3 fully saturated rings. The first-order valence-electron chi connectivity index (χ1n) is 11.5. The molecule has 1 atom stereocenters. The molecule has 0 aromatic heterocycles. The van der Waals surface area contributed by atoms with E-state index in [1.54, 1.807) is 0 Å². The monoisotopic (exact) mass is 408 g/mol. The molecule has 6 heteroatoms. The summed E-state index contributed by atoms with van der Waals surface area (Å²) >= 11 is 0. The Labute approximate surface area is 178 Å². The molecule has 0 radical (unpaired) electrons. The summed E-state index contributed by atoms with van der Waals surface area (Å²) in [6.07, 6.45) is 10.9. The van der Waals surface area contributed by atoms with Crippen molar-refractivity contribution >= 4 is 23.4 Å². The van der Waals surface area contributed by atoms with E-state index in [0.29, 0.717) is 6.04 Å². The smallest absolute Gasteiger partial charge is 0.230 e. The number of nitrogens with one attached hydrogen (secondary N) is 3. The predicted molar refractivity (Wildman–Crippen MR) is 119 cm³/mol. The van der Waals surface area contributed by atoms with Gasteiger partial charge in [-0.1, -0.05) is 0 Å². The maximum atomic E-state index is 13.0. The van der Waals surface area contributed by atoms with Gasteiger partial charge in [-0.15, -0.1) is 0 Å². The van der Waals surface area contributed by atoms with Gasteiger partial charge in [0.2, 0.25) is 5.91 Å². The van der Waals surface area contributed by atoms with Gasteiger partial charge in [-0.2, -0.15) is 0 Å². The Bertz CT molecular complexity index is 868. The van der Waals surface area contributed by atoms with Crippen LogP contribution in [0.4, 0.5) is 5.69 Å². The topological polar surface area (TPSA) is 77.5 Å². The third-order valence-corrected chi connectivity index (χ3v) is 6.97. The second-order valence-corrected chi connectivity index (χ2v) is 9.25. The van der Waals surface area contributed by atoms with E-state index in [0.717, 1.165) is 79.8 Å². The third kappa shape index (κ3) is 3.62. The van der Waals surface area contributed by atoms with E-state index < -0.39 is 0 Å². The summed E-state index contributed by atoms with van der Waals surface area (Å²) in [4.78, 5) is 15.1. The minimum Gasteiger partial charge on any atom is -0.489 e. The fraction of sp³-hybridized carbons (Fsp3) is 0.583. The fourth-order valence-electron chi connectivity index (χ4n) is 4.50. The maximum Gasteiger partial charge on any atom is 0.230 e. The highest BCUT2D eigenvalue weighted by Crippen LogP contribution is 2.44. The first-order chi connectivity index (χ1) is 14.7. The summed E-state index contributed by atoms with van der Waals surface area (Å²) in [6, 6.07) is 4.77. The normalized spacial score (nSPS) is 24.5. The average Bonchev–Trinajstić information content (AvgIpc) is 3.51. The van der Waals surface area contributed by atoms with E-state index in [1.165, 1.54) is 12.6 Å². The van der Waals surface area contributed by atoms with Crippen LogP contribution < -0.4 is 20.3 Å². The van der Waals surface area contributed by atoms with Crippen molar-refractivity contribution in [3.05, 3.63) is 29.5 Å². The molecule has 1 aromatic rings. The van der Waals surface area contributed by atoms with Crippen LogP contribution >= 0.6 is 0 Å². The molecule has 30 heavy (non-hydrogen) atoms. The molecule has 2 aliphatic carbocycles. The highest BCUT2D eigenvalue weighted by Gasteiger charge is 2.39. The number of fused-ring (bicyclic) bond motifs is 1. The van der Waals surface area contributed by atoms with Crippen molar-refractivity contribution in [1.82, 2.24) is 10.6 Å². The van der Waals surface area contributed by atoms with E-state index in [1.807, 2.05) is 11.1 Å². The minimum atomic E-state index is 0.200. The van der Waals surface area contributed by atoms with Crippen molar-refractivity contribution < 1.29 is 9.53 Å². The molecule has 1 amide bonds. The van der Waals surface area contributed by atoms with Crippen molar-refractivity contribution in [1.29, 1.82) is 5.41 Å². The van der Waals surface area contributed by atoms with Crippen LogP contribution in [0.25, 0.3) is 5.57 Å². The predicted octanol–water partition coefficient (Wildman–Crippen LogP) is 3.25. The molecule has 2 heterocycles. The number of carbonyl (C=O) groups is 1. The van der Waals surface area contributed by atoms with Gasteiger partial charge < -0.3 is 25.7 Å². The highest BCUT2D eigenvalue weighted by atomic mass is 16.5. The molecule has 160 valence electrons. The first kappa shape index (κ1) is 19.6. The van der Waals surface area contributed by atoms with Crippen LogP contribution in [0, 0.1) is 11.3 Å². The Kier molecular flexibility index (Phi) is 5.27. The Morgan fingerprint density at radius 2 is 2.03 bits per heavy atom. The van der Waals surface area contributed by atoms with Gasteiger partial charge in [0.15, 0.2) is 0 Å². The number of rotatable bonds is 7. The van der Waals surface area contributed by atoms with Gasteiger partial charge in [-0.05, 0) is 64.0 Å². The Morgan fingerprint density at radius 1 is 1.23 bits per heavy atom. The zero-order valence-corrected chi connectivity index (χ0v) is 17.7. The number of benzene rings is 1. The molecular formula is C24H32N4O2. The number of allylic oxidation sites excluding steroid dienone is 1. The molecule has 1 aromatic carbocycles. The molecule has 0 spiro atoms. The second kappa shape index (κ2) is 8.06. The maximum absolute atomic E-state index is 13.0. The summed E-state index contributed by atoms with van der Waals surface area (Å²) in [5.41, 5.74) is 3.95. The Hall–Kier alpha value is -2.34. The Morgan fingerprint density at radius 3 is 2.63 bits per heavy atom. The lowest BCUT2D eigenvalue weighted by molar-refractivity contribution is -0.120. The van der Waals surface area contributed by atoms with E-state index in [9.17, 15) is 4.79 Å². The molecule has 0 unspecified atom stereocenters. The minimum absolute atomic E-state index is 0.200. The molecule has 6 nitrogen and oxygen atoms in total. The molecule has 1 saturated heterocycles. The van der Waals surface area contributed by atoms with Gasteiger partial charge in [0.25, 0.3) is 0 Å². The number of hydrogen-bond acceptors (Lipinski definition) is 5. The number of nitrogens with zero attached hydrogens (tertiary/aromatic N) is 1. The van der Waals surface area contributed by atoms with Crippen LogP contribution in [0.2, 0.25) is 0 Å². The quantitative estimate of drug-likeness (QED) is 0.605. The van der Waals surface area contributed by atoms with Crippen molar-refractivity contribution in [2.45, 2.75) is 70.1 Å². The number of anilines is 1. The lowest BCUT2D eigenvalue weighted by Gasteiger charge is -2.38. The lowest BCUT2D eigenvalue weighted by Crippen LogP contribution is -2.53. The highest BCUT2D eigenvalue weighted by molar-refractivity contribution is 6.10. The second-order valence-electron chi connectivity index (χ2n) is 9.25. The number of hydrogen-bond donors (Lipinski definition) is 3. The van der Waals surface area contributed by atoms with E-state index in [-0.39, 0.29) is 24.0 Å². The van der Waals surface area contributed by atoms with Gasteiger partial charge in [0.05, 0.1) is 17.8 Å². The molecule has 0 bridgehead atoms. The van der Waals surface area contributed by atoms with Crippen LogP contribution in [0.15, 0.2) is 18.3 Å². The lowest BCUT2D eigenvalue weighted by atomic mass is 9.90. The summed E-state index contributed by atoms with van der Waals surface area (Å²) in [5.74, 6) is 1.36. The van der Waals surface area contributed by atoms with Gasteiger partial charge in [0.1, 0.15) is 5.75 Å². The van der Waals surface area contributed by atoms with Crippen molar-refractivity contribution in [2.75, 3.05) is 18.0 Å². The molecule has 2 aliphatic heterocycles. The standard InChI is InChI=1S/C24H32N4O2/c1-15-5-8-21-22(28(15)24(29)16-6-7-16)10-9-20(23(21)30-19-3-2-4-19)17(11-25)12-27-18-13-26-14-18/h9-12,15-16,18-19,25-27H,2-8,13-14H2,1H3/b17-12+,25-11?/t15-/m0/s1. The number of carbonyl (C=O) groups excluding carboxylic acids is 1. The zero-order chi connectivity index (χ0) is 20.7. The van der Waals surface area contributed by atoms with Crippen LogP contribution in [0.5, 0.6) is 5.75 Å². The largest absolute Gasteiger partial charge is 0.489 e. The fourth-order valence-corrected chi connectivity index (χ4v) is 4.50. The van der Waals surface area contributed by atoms with Crippen LogP contribution in [0.1, 0.15) is 56.6 Å². The molecule has 2 saturated carbocycles. The van der Waals surface area contributed by atoms with Crippen LogP contribution in [-0.4, -0.2) is 43.4 Å². The van der Waals surface area contributed by atoms with Gasteiger partial charge >= 0.3 is 0 Å². The van der Waals surface area contributed by atoms with Crippen molar-refractivity contribution in [3.8, 4) is 5.75 Å².